The lowest BCUT2D eigenvalue weighted by Crippen LogP contribution is -2.38. The van der Waals surface area contributed by atoms with Crippen LogP contribution in [0.2, 0.25) is 0 Å². The van der Waals surface area contributed by atoms with E-state index in [0.717, 1.165) is 12.8 Å². The maximum absolute atomic E-state index is 11.7. The Kier molecular flexibility index (Phi) is 3.70. The standard InChI is InChI=1S/C10H13N3O3S/c14-8(12-10-11-3-4-17-10)5-13(6-9(15)16)7-1-2-7/h3-4,7H,1-2,5-6H2,(H,15,16)(H,11,12,14). The summed E-state index contributed by atoms with van der Waals surface area (Å²) in [6.07, 6.45) is 3.55. The first-order valence-corrected chi connectivity index (χ1v) is 6.18. The third-order valence-electron chi connectivity index (χ3n) is 2.43. The number of carboxylic acid groups (broad SMARTS) is 1. The lowest BCUT2D eigenvalue weighted by molar-refractivity contribution is -0.138. The van der Waals surface area contributed by atoms with E-state index in [1.807, 2.05) is 0 Å². The molecule has 1 aromatic rings. The van der Waals surface area contributed by atoms with Crippen LogP contribution < -0.4 is 5.32 Å². The molecule has 0 aromatic carbocycles. The second kappa shape index (κ2) is 5.24. The number of carbonyl (C=O) groups excluding carboxylic acids is 1. The van der Waals surface area contributed by atoms with Gasteiger partial charge in [0.2, 0.25) is 5.91 Å². The van der Waals surface area contributed by atoms with Crippen LogP contribution in [0.5, 0.6) is 0 Å². The minimum Gasteiger partial charge on any atom is -0.480 e. The number of carbonyl (C=O) groups is 2. The number of nitrogens with zero attached hydrogens (tertiary/aromatic N) is 2. The highest BCUT2D eigenvalue weighted by Gasteiger charge is 2.31. The number of aliphatic carboxylic acids is 1. The third kappa shape index (κ3) is 3.79. The van der Waals surface area contributed by atoms with Crippen LogP contribution in [-0.4, -0.2) is 46.0 Å². The summed E-state index contributed by atoms with van der Waals surface area (Å²) in [5.74, 6) is -1.12. The molecule has 7 heteroatoms. The van der Waals surface area contributed by atoms with E-state index < -0.39 is 5.97 Å². The van der Waals surface area contributed by atoms with Gasteiger partial charge < -0.3 is 10.4 Å². The predicted octanol–water partition coefficient (Wildman–Crippen LogP) is 0.631. The van der Waals surface area contributed by atoms with Gasteiger partial charge in [-0.15, -0.1) is 11.3 Å². The van der Waals surface area contributed by atoms with Crippen LogP contribution in [0.15, 0.2) is 11.6 Å². The van der Waals surface area contributed by atoms with E-state index in [1.54, 1.807) is 16.5 Å². The molecule has 1 aromatic heterocycles. The summed E-state index contributed by atoms with van der Waals surface area (Å²) in [6.45, 7) is 0.0203. The molecular formula is C10H13N3O3S. The molecule has 1 saturated carbocycles. The molecule has 0 atom stereocenters. The number of anilines is 1. The molecule has 1 amide bonds. The minimum atomic E-state index is -0.904. The molecule has 0 saturated heterocycles. The van der Waals surface area contributed by atoms with E-state index in [4.69, 9.17) is 5.11 Å². The van der Waals surface area contributed by atoms with Crippen molar-refractivity contribution in [3.63, 3.8) is 0 Å². The first-order chi connectivity index (χ1) is 8.15. The van der Waals surface area contributed by atoms with Crippen LogP contribution in [0.3, 0.4) is 0 Å². The Labute approximate surface area is 102 Å². The molecule has 0 bridgehead atoms. The van der Waals surface area contributed by atoms with Gasteiger partial charge in [0, 0.05) is 17.6 Å². The molecule has 92 valence electrons. The highest BCUT2D eigenvalue weighted by molar-refractivity contribution is 7.13. The normalized spacial score (nSPS) is 14.9. The second-order valence-electron chi connectivity index (χ2n) is 3.92. The molecule has 0 spiro atoms. The van der Waals surface area contributed by atoms with E-state index >= 15 is 0 Å². The van der Waals surface area contributed by atoms with Crippen molar-refractivity contribution in [2.75, 3.05) is 18.4 Å². The van der Waals surface area contributed by atoms with Crippen molar-refractivity contribution in [1.29, 1.82) is 0 Å². The maximum Gasteiger partial charge on any atom is 0.317 e. The zero-order chi connectivity index (χ0) is 12.3. The van der Waals surface area contributed by atoms with Crippen molar-refractivity contribution >= 4 is 28.3 Å². The van der Waals surface area contributed by atoms with Crippen LogP contribution in [0.25, 0.3) is 0 Å². The highest BCUT2D eigenvalue weighted by atomic mass is 32.1. The van der Waals surface area contributed by atoms with Gasteiger partial charge in [0.05, 0.1) is 13.1 Å². The van der Waals surface area contributed by atoms with Crippen molar-refractivity contribution in [3.8, 4) is 0 Å². The molecule has 17 heavy (non-hydrogen) atoms. The van der Waals surface area contributed by atoms with Crippen LogP contribution >= 0.6 is 11.3 Å². The van der Waals surface area contributed by atoms with Gasteiger partial charge in [-0.3, -0.25) is 14.5 Å². The summed E-state index contributed by atoms with van der Waals surface area (Å²) in [7, 11) is 0. The summed E-state index contributed by atoms with van der Waals surface area (Å²) in [5.41, 5.74) is 0. The average molecular weight is 255 g/mol. The van der Waals surface area contributed by atoms with Gasteiger partial charge in [0.15, 0.2) is 5.13 Å². The van der Waals surface area contributed by atoms with Gasteiger partial charge >= 0.3 is 5.97 Å². The molecule has 1 heterocycles. The van der Waals surface area contributed by atoms with Crippen molar-refractivity contribution in [2.24, 2.45) is 0 Å². The highest BCUT2D eigenvalue weighted by Crippen LogP contribution is 2.26. The van der Waals surface area contributed by atoms with Crippen LogP contribution in [-0.2, 0) is 9.59 Å². The number of carboxylic acids is 1. The summed E-state index contributed by atoms with van der Waals surface area (Å²) in [4.78, 5) is 27.9. The number of hydrogen-bond acceptors (Lipinski definition) is 5. The smallest absolute Gasteiger partial charge is 0.317 e. The largest absolute Gasteiger partial charge is 0.480 e. The fourth-order valence-corrected chi connectivity index (χ4v) is 2.10. The van der Waals surface area contributed by atoms with Gasteiger partial charge in [-0.1, -0.05) is 0 Å². The Morgan fingerprint density at radius 3 is 2.82 bits per heavy atom. The lowest BCUT2D eigenvalue weighted by Gasteiger charge is -2.18. The summed E-state index contributed by atoms with van der Waals surface area (Å²) < 4.78 is 0. The minimum absolute atomic E-state index is 0.0873. The molecular weight excluding hydrogens is 242 g/mol. The Hall–Kier alpha value is -1.47. The van der Waals surface area contributed by atoms with Crippen molar-refractivity contribution in [2.45, 2.75) is 18.9 Å². The van der Waals surface area contributed by atoms with Crippen molar-refractivity contribution < 1.29 is 14.7 Å². The quantitative estimate of drug-likeness (QED) is 0.779. The number of hydrogen-bond donors (Lipinski definition) is 2. The molecule has 2 rings (SSSR count). The van der Waals surface area contributed by atoms with Crippen LogP contribution in [0.4, 0.5) is 5.13 Å². The summed E-state index contributed by atoms with van der Waals surface area (Å²) in [6, 6.07) is 0.244. The Bertz CT molecular complexity index is 403. The lowest BCUT2D eigenvalue weighted by atomic mass is 10.4. The zero-order valence-electron chi connectivity index (χ0n) is 9.13. The fraction of sp³-hybridized carbons (Fsp3) is 0.500. The number of nitrogens with one attached hydrogen (secondary N) is 1. The van der Waals surface area contributed by atoms with Gasteiger partial charge in [-0.05, 0) is 12.8 Å². The van der Waals surface area contributed by atoms with E-state index in [9.17, 15) is 9.59 Å². The first-order valence-electron chi connectivity index (χ1n) is 5.30. The molecule has 1 aliphatic carbocycles. The topological polar surface area (TPSA) is 82.5 Å². The number of rotatable bonds is 6. The molecule has 2 N–H and O–H groups in total. The third-order valence-corrected chi connectivity index (χ3v) is 3.12. The molecule has 0 aliphatic heterocycles. The van der Waals surface area contributed by atoms with E-state index in [0.29, 0.717) is 5.13 Å². The van der Waals surface area contributed by atoms with Gasteiger partial charge in [-0.25, -0.2) is 4.98 Å². The Balaban J connectivity index is 1.84. The van der Waals surface area contributed by atoms with Crippen LogP contribution in [0.1, 0.15) is 12.8 Å². The van der Waals surface area contributed by atoms with E-state index in [1.165, 1.54) is 11.3 Å². The summed E-state index contributed by atoms with van der Waals surface area (Å²) >= 11 is 1.34. The Morgan fingerprint density at radius 2 is 2.29 bits per heavy atom. The number of aromatic nitrogens is 1. The monoisotopic (exact) mass is 255 g/mol. The number of amides is 1. The predicted molar refractivity (Wildman–Crippen MR) is 63.0 cm³/mol. The van der Waals surface area contributed by atoms with Crippen molar-refractivity contribution in [3.05, 3.63) is 11.6 Å². The molecule has 0 radical (unpaired) electrons. The van der Waals surface area contributed by atoms with Gasteiger partial charge in [0.1, 0.15) is 0 Å². The second-order valence-corrected chi connectivity index (χ2v) is 4.81. The maximum atomic E-state index is 11.7. The molecule has 6 nitrogen and oxygen atoms in total. The van der Waals surface area contributed by atoms with E-state index in [2.05, 4.69) is 10.3 Å². The SMILES string of the molecule is O=C(O)CN(CC(=O)Nc1nccs1)C1CC1. The Morgan fingerprint density at radius 1 is 1.53 bits per heavy atom. The zero-order valence-corrected chi connectivity index (χ0v) is 9.94. The first kappa shape index (κ1) is 12.0. The average Bonchev–Trinajstić information content (AvgIpc) is 2.97. The molecule has 0 unspecified atom stereocenters. The molecule has 1 fully saturated rings. The number of thiazole rings is 1. The van der Waals surface area contributed by atoms with Gasteiger partial charge in [0.25, 0.3) is 0 Å². The van der Waals surface area contributed by atoms with Crippen LogP contribution in [0, 0.1) is 0 Å². The summed E-state index contributed by atoms with van der Waals surface area (Å²) in [5, 5.41) is 13.7. The van der Waals surface area contributed by atoms with Crippen molar-refractivity contribution in [1.82, 2.24) is 9.88 Å². The molecule has 1 aliphatic rings. The van der Waals surface area contributed by atoms with E-state index in [-0.39, 0.29) is 25.0 Å². The fourth-order valence-electron chi connectivity index (χ4n) is 1.56. The van der Waals surface area contributed by atoms with Gasteiger partial charge in [-0.2, -0.15) is 0 Å².